The summed E-state index contributed by atoms with van der Waals surface area (Å²) < 4.78 is 5.77. The molecule has 0 spiro atoms. The standard InChI is InChI=1S/C17H35N3O.HI/c1-7-10-11-14-20(6)17(18-8-2)19-13-12-16(15(4)5)21-9-3;/h7,15-16H,1,8-14H2,2-6H3,(H,18,19);1H. The summed E-state index contributed by atoms with van der Waals surface area (Å²) in [6.07, 6.45) is 5.39. The van der Waals surface area contributed by atoms with E-state index >= 15 is 0 Å². The third-order valence-corrected chi connectivity index (χ3v) is 3.40. The van der Waals surface area contributed by atoms with Gasteiger partial charge < -0.3 is 15.0 Å². The molecule has 0 aromatic rings. The van der Waals surface area contributed by atoms with E-state index in [1.54, 1.807) is 0 Å². The van der Waals surface area contributed by atoms with E-state index in [1.807, 2.05) is 6.08 Å². The Bertz CT molecular complexity index is 296. The number of halogens is 1. The summed E-state index contributed by atoms with van der Waals surface area (Å²) >= 11 is 0. The molecule has 0 amide bonds. The highest BCUT2D eigenvalue weighted by Gasteiger charge is 2.13. The quantitative estimate of drug-likeness (QED) is 0.179. The number of allylic oxidation sites excluding steroid dienone is 1. The zero-order chi connectivity index (χ0) is 16.1. The van der Waals surface area contributed by atoms with Gasteiger partial charge in [0.25, 0.3) is 0 Å². The molecule has 22 heavy (non-hydrogen) atoms. The van der Waals surface area contributed by atoms with Crippen molar-refractivity contribution in [2.75, 3.05) is 33.3 Å². The van der Waals surface area contributed by atoms with Crippen molar-refractivity contribution in [3.8, 4) is 0 Å². The Balaban J connectivity index is 0. The van der Waals surface area contributed by atoms with Crippen molar-refractivity contribution < 1.29 is 4.74 Å². The minimum atomic E-state index is 0. The Hall–Kier alpha value is -0.300. The molecule has 0 heterocycles. The van der Waals surface area contributed by atoms with E-state index in [0.29, 0.717) is 12.0 Å². The average Bonchev–Trinajstić information content (AvgIpc) is 2.45. The van der Waals surface area contributed by atoms with Crippen LogP contribution in [0.5, 0.6) is 0 Å². The van der Waals surface area contributed by atoms with Crippen LogP contribution in [0, 0.1) is 5.92 Å². The van der Waals surface area contributed by atoms with Crippen LogP contribution in [-0.2, 0) is 4.74 Å². The highest BCUT2D eigenvalue weighted by Crippen LogP contribution is 2.10. The van der Waals surface area contributed by atoms with Crippen molar-refractivity contribution in [2.45, 2.75) is 53.1 Å². The number of unbranched alkanes of at least 4 members (excludes halogenated alkanes) is 1. The number of ether oxygens (including phenoxy) is 1. The van der Waals surface area contributed by atoms with E-state index < -0.39 is 0 Å². The van der Waals surface area contributed by atoms with Crippen LogP contribution in [0.3, 0.4) is 0 Å². The molecule has 0 aliphatic carbocycles. The fraction of sp³-hybridized carbons (Fsp3) is 0.824. The first-order valence-corrected chi connectivity index (χ1v) is 8.28. The molecule has 0 saturated carbocycles. The van der Waals surface area contributed by atoms with E-state index in [9.17, 15) is 0 Å². The molecule has 1 atom stereocenters. The first-order valence-electron chi connectivity index (χ1n) is 8.28. The summed E-state index contributed by atoms with van der Waals surface area (Å²) in [5, 5.41) is 3.35. The molecule has 4 nitrogen and oxygen atoms in total. The predicted molar refractivity (Wildman–Crippen MR) is 108 cm³/mol. The molecule has 0 bridgehead atoms. The van der Waals surface area contributed by atoms with E-state index in [4.69, 9.17) is 9.73 Å². The van der Waals surface area contributed by atoms with Gasteiger partial charge in [-0.15, -0.1) is 30.6 Å². The Morgan fingerprint density at radius 1 is 1.36 bits per heavy atom. The second kappa shape index (κ2) is 15.6. The summed E-state index contributed by atoms with van der Waals surface area (Å²) in [6, 6.07) is 0. The van der Waals surface area contributed by atoms with Gasteiger partial charge >= 0.3 is 0 Å². The molecule has 0 saturated heterocycles. The van der Waals surface area contributed by atoms with Crippen LogP contribution in [-0.4, -0.2) is 50.3 Å². The number of nitrogens with one attached hydrogen (secondary N) is 1. The van der Waals surface area contributed by atoms with Crippen molar-refractivity contribution in [3.05, 3.63) is 12.7 Å². The van der Waals surface area contributed by atoms with Gasteiger partial charge in [0.05, 0.1) is 6.10 Å². The molecular weight excluding hydrogens is 389 g/mol. The first-order chi connectivity index (χ1) is 10.1. The van der Waals surface area contributed by atoms with Crippen LogP contribution in [0.25, 0.3) is 0 Å². The lowest BCUT2D eigenvalue weighted by Gasteiger charge is -2.23. The monoisotopic (exact) mass is 425 g/mol. The minimum absolute atomic E-state index is 0. The summed E-state index contributed by atoms with van der Waals surface area (Å²) in [6.45, 7) is 15.8. The van der Waals surface area contributed by atoms with Gasteiger partial charge in [0.2, 0.25) is 0 Å². The highest BCUT2D eigenvalue weighted by atomic mass is 127. The van der Waals surface area contributed by atoms with Gasteiger partial charge in [0.15, 0.2) is 5.96 Å². The summed E-state index contributed by atoms with van der Waals surface area (Å²) in [4.78, 5) is 6.91. The van der Waals surface area contributed by atoms with E-state index in [1.165, 1.54) is 0 Å². The number of hydrogen-bond acceptors (Lipinski definition) is 2. The Labute approximate surface area is 154 Å². The van der Waals surface area contributed by atoms with E-state index in [2.05, 4.69) is 51.5 Å². The normalized spacial score (nSPS) is 12.7. The summed E-state index contributed by atoms with van der Waals surface area (Å²) in [7, 11) is 2.09. The molecule has 1 N–H and O–H groups in total. The molecule has 0 rings (SSSR count). The second-order valence-electron chi connectivity index (χ2n) is 5.61. The molecule has 132 valence electrons. The number of hydrogen-bond donors (Lipinski definition) is 1. The number of guanidine groups is 1. The van der Waals surface area contributed by atoms with Crippen molar-refractivity contribution in [1.82, 2.24) is 10.2 Å². The zero-order valence-corrected chi connectivity index (χ0v) is 17.4. The maximum atomic E-state index is 5.77. The van der Waals surface area contributed by atoms with E-state index in [-0.39, 0.29) is 24.0 Å². The van der Waals surface area contributed by atoms with Crippen LogP contribution in [0.2, 0.25) is 0 Å². The van der Waals surface area contributed by atoms with Crippen LogP contribution >= 0.6 is 24.0 Å². The van der Waals surface area contributed by atoms with Crippen LogP contribution in [0.15, 0.2) is 17.6 Å². The van der Waals surface area contributed by atoms with Crippen LogP contribution in [0.1, 0.15) is 47.0 Å². The molecule has 5 heteroatoms. The summed E-state index contributed by atoms with van der Waals surface area (Å²) in [5.74, 6) is 1.52. The highest BCUT2D eigenvalue weighted by molar-refractivity contribution is 14.0. The van der Waals surface area contributed by atoms with Crippen molar-refractivity contribution in [2.24, 2.45) is 10.9 Å². The third kappa shape index (κ3) is 11.3. The molecule has 0 radical (unpaired) electrons. The number of rotatable bonds is 11. The Morgan fingerprint density at radius 2 is 2.05 bits per heavy atom. The number of nitrogens with zero attached hydrogens (tertiary/aromatic N) is 2. The van der Waals surface area contributed by atoms with Crippen molar-refractivity contribution in [1.29, 1.82) is 0 Å². The molecular formula is C17H36IN3O. The minimum Gasteiger partial charge on any atom is -0.378 e. The maximum Gasteiger partial charge on any atom is 0.193 e. The van der Waals surface area contributed by atoms with E-state index in [0.717, 1.165) is 51.5 Å². The van der Waals surface area contributed by atoms with Gasteiger partial charge in [-0.2, -0.15) is 0 Å². The Morgan fingerprint density at radius 3 is 2.55 bits per heavy atom. The third-order valence-electron chi connectivity index (χ3n) is 3.40. The molecule has 1 unspecified atom stereocenters. The first kappa shape index (κ1) is 24.0. The molecule has 0 aromatic carbocycles. The largest absolute Gasteiger partial charge is 0.378 e. The smallest absolute Gasteiger partial charge is 0.193 e. The molecule has 0 aromatic heterocycles. The predicted octanol–water partition coefficient (Wildman–Crippen LogP) is 3.92. The second-order valence-corrected chi connectivity index (χ2v) is 5.61. The topological polar surface area (TPSA) is 36.9 Å². The zero-order valence-electron chi connectivity index (χ0n) is 15.1. The van der Waals surface area contributed by atoms with Crippen molar-refractivity contribution in [3.63, 3.8) is 0 Å². The number of aliphatic imine (C=N–C) groups is 1. The fourth-order valence-electron chi connectivity index (χ4n) is 2.17. The van der Waals surface area contributed by atoms with Gasteiger partial charge in [0, 0.05) is 33.3 Å². The van der Waals surface area contributed by atoms with Crippen LogP contribution < -0.4 is 5.32 Å². The lowest BCUT2D eigenvalue weighted by atomic mass is 10.0. The Kier molecular flexibility index (Phi) is 17.0. The lowest BCUT2D eigenvalue weighted by molar-refractivity contribution is 0.0266. The van der Waals surface area contributed by atoms with Gasteiger partial charge in [-0.1, -0.05) is 19.9 Å². The van der Waals surface area contributed by atoms with Gasteiger partial charge in [-0.3, -0.25) is 4.99 Å². The van der Waals surface area contributed by atoms with Gasteiger partial charge in [-0.05, 0) is 39.0 Å². The van der Waals surface area contributed by atoms with Crippen LogP contribution in [0.4, 0.5) is 0 Å². The summed E-state index contributed by atoms with van der Waals surface area (Å²) in [5.41, 5.74) is 0. The molecule has 0 aliphatic rings. The maximum absolute atomic E-state index is 5.77. The molecule has 0 aliphatic heterocycles. The van der Waals surface area contributed by atoms with Crippen molar-refractivity contribution >= 4 is 29.9 Å². The average molecular weight is 425 g/mol. The molecule has 0 fully saturated rings. The van der Waals surface area contributed by atoms with Gasteiger partial charge in [-0.25, -0.2) is 0 Å². The lowest BCUT2D eigenvalue weighted by Crippen LogP contribution is -2.39. The fourth-order valence-corrected chi connectivity index (χ4v) is 2.17. The van der Waals surface area contributed by atoms with Gasteiger partial charge in [0.1, 0.15) is 0 Å². The SMILES string of the molecule is C=CCCCN(C)C(=NCCC(OCC)C(C)C)NCC.I.